The summed E-state index contributed by atoms with van der Waals surface area (Å²) in [5.74, 6) is 0.356. The molecule has 1 saturated carbocycles. The Morgan fingerprint density at radius 2 is 2.11 bits per heavy atom. The van der Waals surface area contributed by atoms with Crippen LogP contribution in [0.15, 0.2) is 12.3 Å². The highest BCUT2D eigenvalue weighted by Gasteiger charge is 2.45. The van der Waals surface area contributed by atoms with Crippen LogP contribution in [0.5, 0.6) is 0 Å². The number of allylic oxidation sites excluding steroid dienone is 1. The van der Waals surface area contributed by atoms with Gasteiger partial charge in [0.05, 0.1) is 24.9 Å². The Balaban J connectivity index is 2.75. The molecule has 3 heteroatoms. The van der Waals surface area contributed by atoms with E-state index in [0.29, 0.717) is 19.1 Å². The molecule has 2 unspecified atom stereocenters. The van der Waals surface area contributed by atoms with Crippen molar-refractivity contribution in [3.63, 3.8) is 0 Å². The first-order valence-electron chi connectivity index (χ1n) is 7.11. The molecule has 2 atom stereocenters. The highest BCUT2D eigenvalue weighted by Crippen LogP contribution is 2.45. The van der Waals surface area contributed by atoms with E-state index in [2.05, 4.69) is 6.92 Å². The molecular weight excluding hydrogens is 228 g/mol. The molecule has 0 saturated heterocycles. The van der Waals surface area contributed by atoms with Crippen LogP contribution in [0.4, 0.5) is 0 Å². The molecule has 3 nitrogen and oxygen atoms in total. The van der Waals surface area contributed by atoms with Crippen LogP contribution in [-0.2, 0) is 14.3 Å². The number of ether oxygens (including phenoxy) is 2. The molecule has 1 rings (SSSR count). The summed E-state index contributed by atoms with van der Waals surface area (Å²) in [6.45, 7) is 7.12. The fourth-order valence-corrected chi connectivity index (χ4v) is 2.80. The number of rotatable bonds is 6. The predicted octanol–water partition coefficient (Wildman–Crippen LogP) is 3.69. The molecule has 0 aliphatic heterocycles. The Morgan fingerprint density at radius 3 is 2.72 bits per heavy atom. The molecule has 0 aromatic carbocycles. The summed E-state index contributed by atoms with van der Waals surface area (Å²) in [6.07, 6.45) is 8.80. The maximum absolute atomic E-state index is 12.3. The monoisotopic (exact) mass is 254 g/mol. The topological polar surface area (TPSA) is 35.5 Å². The van der Waals surface area contributed by atoms with Gasteiger partial charge in [-0.25, -0.2) is 0 Å². The van der Waals surface area contributed by atoms with Crippen LogP contribution in [0.25, 0.3) is 0 Å². The Labute approximate surface area is 111 Å². The lowest BCUT2D eigenvalue weighted by molar-refractivity contribution is -0.161. The van der Waals surface area contributed by atoms with Gasteiger partial charge in [-0.3, -0.25) is 4.79 Å². The van der Waals surface area contributed by atoms with Gasteiger partial charge in [0.2, 0.25) is 0 Å². The van der Waals surface area contributed by atoms with E-state index < -0.39 is 0 Å². The van der Waals surface area contributed by atoms with Crippen LogP contribution >= 0.6 is 0 Å². The minimum atomic E-state index is -0.331. The number of hydrogen-bond acceptors (Lipinski definition) is 3. The summed E-state index contributed by atoms with van der Waals surface area (Å²) in [6, 6.07) is 0. The minimum absolute atomic E-state index is 0.0293. The van der Waals surface area contributed by atoms with E-state index in [-0.39, 0.29) is 11.4 Å². The van der Waals surface area contributed by atoms with Crippen molar-refractivity contribution in [2.24, 2.45) is 11.3 Å². The van der Waals surface area contributed by atoms with Crippen molar-refractivity contribution < 1.29 is 14.3 Å². The third kappa shape index (κ3) is 3.50. The molecule has 18 heavy (non-hydrogen) atoms. The summed E-state index contributed by atoms with van der Waals surface area (Å²) < 4.78 is 10.5. The summed E-state index contributed by atoms with van der Waals surface area (Å²) in [5, 5.41) is 0. The van der Waals surface area contributed by atoms with Gasteiger partial charge in [0.15, 0.2) is 0 Å². The second kappa shape index (κ2) is 7.45. The van der Waals surface area contributed by atoms with Gasteiger partial charge in [0.25, 0.3) is 0 Å². The van der Waals surface area contributed by atoms with Crippen LogP contribution in [0.2, 0.25) is 0 Å². The fourth-order valence-electron chi connectivity index (χ4n) is 2.80. The van der Waals surface area contributed by atoms with Crippen LogP contribution in [0.1, 0.15) is 52.9 Å². The van der Waals surface area contributed by atoms with E-state index in [1.54, 1.807) is 6.26 Å². The number of carbonyl (C=O) groups excluding carboxylic acids is 1. The molecule has 1 aliphatic carbocycles. The Morgan fingerprint density at radius 1 is 1.33 bits per heavy atom. The van der Waals surface area contributed by atoms with Crippen molar-refractivity contribution >= 4 is 5.97 Å². The molecule has 1 fully saturated rings. The van der Waals surface area contributed by atoms with E-state index in [4.69, 9.17) is 9.47 Å². The predicted molar refractivity (Wildman–Crippen MR) is 72.1 cm³/mol. The first kappa shape index (κ1) is 15.1. The van der Waals surface area contributed by atoms with Gasteiger partial charge in [0.1, 0.15) is 0 Å². The largest absolute Gasteiger partial charge is 0.502 e. The van der Waals surface area contributed by atoms with E-state index in [9.17, 15) is 4.79 Å². The van der Waals surface area contributed by atoms with E-state index in [1.807, 2.05) is 19.9 Å². The maximum atomic E-state index is 12.3. The van der Waals surface area contributed by atoms with Crippen LogP contribution in [-0.4, -0.2) is 19.2 Å². The molecular formula is C15H26O3. The molecule has 1 aliphatic rings. The normalized spacial score (nSPS) is 28.3. The molecule has 0 radical (unpaired) electrons. The number of esters is 1. The fraction of sp³-hybridized carbons (Fsp3) is 0.800. The van der Waals surface area contributed by atoms with Crippen LogP contribution in [0, 0.1) is 11.3 Å². The molecule has 0 amide bonds. The van der Waals surface area contributed by atoms with Crippen molar-refractivity contribution in [1.82, 2.24) is 0 Å². The zero-order valence-corrected chi connectivity index (χ0v) is 11.9. The lowest BCUT2D eigenvalue weighted by atomic mass is 9.65. The smallest absolute Gasteiger partial charge is 0.312 e. The molecule has 0 heterocycles. The van der Waals surface area contributed by atoms with Crippen molar-refractivity contribution in [3.8, 4) is 0 Å². The third-order valence-electron chi connectivity index (χ3n) is 3.98. The first-order chi connectivity index (χ1) is 8.67. The van der Waals surface area contributed by atoms with E-state index in [0.717, 1.165) is 25.7 Å². The Hall–Kier alpha value is -0.990. The summed E-state index contributed by atoms with van der Waals surface area (Å²) in [5.41, 5.74) is -0.331. The minimum Gasteiger partial charge on any atom is -0.502 e. The molecule has 0 N–H and O–H groups in total. The second-order valence-electron chi connectivity index (χ2n) is 5.05. The molecule has 0 aromatic heterocycles. The Bertz CT molecular complexity index is 285. The molecule has 104 valence electrons. The lowest BCUT2D eigenvalue weighted by Gasteiger charge is -2.39. The van der Waals surface area contributed by atoms with E-state index >= 15 is 0 Å². The molecule has 0 bridgehead atoms. The zero-order chi connectivity index (χ0) is 13.4. The SMILES string of the molecule is CCOC=CCC1(C(=O)OCC)CCCCC1C. The number of hydrogen-bond donors (Lipinski definition) is 0. The van der Waals surface area contributed by atoms with Crippen LogP contribution in [0.3, 0.4) is 0 Å². The Kier molecular flexibility index (Phi) is 6.23. The van der Waals surface area contributed by atoms with Crippen molar-refractivity contribution in [2.75, 3.05) is 13.2 Å². The van der Waals surface area contributed by atoms with Gasteiger partial charge in [-0.2, -0.15) is 0 Å². The first-order valence-corrected chi connectivity index (χ1v) is 7.11. The molecule has 0 aromatic rings. The summed E-state index contributed by atoms with van der Waals surface area (Å²) in [7, 11) is 0. The number of carbonyl (C=O) groups is 1. The van der Waals surface area contributed by atoms with Crippen LogP contribution < -0.4 is 0 Å². The van der Waals surface area contributed by atoms with Gasteiger partial charge in [-0.1, -0.05) is 19.8 Å². The lowest BCUT2D eigenvalue weighted by Crippen LogP contribution is -2.41. The van der Waals surface area contributed by atoms with Gasteiger partial charge < -0.3 is 9.47 Å². The highest BCUT2D eigenvalue weighted by molar-refractivity contribution is 5.77. The quantitative estimate of drug-likeness (QED) is 0.535. The van der Waals surface area contributed by atoms with Gasteiger partial charge in [-0.05, 0) is 45.1 Å². The summed E-state index contributed by atoms with van der Waals surface area (Å²) >= 11 is 0. The zero-order valence-electron chi connectivity index (χ0n) is 11.9. The highest BCUT2D eigenvalue weighted by atomic mass is 16.5. The van der Waals surface area contributed by atoms with Crippen molar-refractivity contribution in [2.45, 2.75) is 52.9 Å². The van der Waals surface area contributed by atoms with Gasteiger partial charge >= 0.3 is 5.97 Å². The van der Waals surface area contributed by atoms with Crippen molar-refractivity contribution in [1.29, 1.82) is 0 Å². The van der Waals surface area contributed by atoms with Gasteiger partial charge in [-0.15, -0.1) is 0 Å². The second-order valence-corrected chi connectivity index (χ2v) is 5.05. The standard InChI is InChI=1S/C15H26O3/c1-4-17-12-8-11-15(14(16)18-5-2)10-7-6-9-13(15)3/h8,12-13H,4-7,9-11H2,1-3H3. The third-order valence-corrected chi connectivity index (χ3v) is 3.98. The van der Waals surface area contributed by atoms with Crippen molar-refractivity contribution in [3.05, 3.63) is 12.3 Å². The van der Waals surface area contributed by atoms with E-state index in [1.165, 1.54) is 6.42 Å². The average Bonchev–Trinajstić information content (AvgIpc) is 2.37. The molecule has 0 spiro atoms. The summed E-state index contributed by atoms with van der Waals surface area (Å²) in [4.78, 5) is 12.3. The maximum Gasteiger partial charge on any atom is 0.312 e. The average molecular weight is 254 g/mol. The van der Waals surface area contributed by atoms with Gasteiger partial charge in [0, 0.05) is 0 Å².